The van der Waals surface area contributed by atoms with Gasteiger partial charge in [0.2, 0.25) is 0 Å². The van der Waals surface area contributed by atoms with Crippen LogP contribution in [-0.2, 0) is 0 Å². The van der Waals surface area contributed by atoms with Crippen molar-refractivity contribution < 1.29 is 4.79 Å². The first kappa shape index (κ1) is 13.4. The molecule has 6 heteroatoms. The summed E-state index contributed by atoms with van der Waals surface area (Å²) in [5, 5.41) is 7.71. The second-order valence-electron chi connectivity index (χ2n) is 4.87. The molecule has 6 nitrogen and oxygen atoms in total. The van der Waals surface area contributed by atoms with Crippen LogP contribution in [0.4, 0.5) is 5.82 Å². The van der Waals surface area contributed by atoms with Crippen LogP contribution in [-0.4, -0.2) is 36.2 Å². The van der Waals surface area contributed by atoms with Gasteiger partial charge in [-0.25, -0.2) is 0 Å². The summed E-state index contributed by atoms with van der Waals surface area (Å²) in [5.41, 5.74) is 10.9. The summed E-state index contributed by atoms with van der Waals surface area (Å²) in [5.74, 6) is 0.116. The lowest BCUT2D eigenvalue weighted by atomic mass is 9.93. The summed E-state index contributed by atoms with van der Waals surface area (Å²) >= 11 is 0. The molecule has 0 aliphatic carbocycles. The molecule has 1 rings (SSSR count). The predicted octanol–water partition coefficient (Wildman–Crippen LogP) is -0.00340. The minimum Gasteiger partial charge on any atom is -0.364 e. The van der Waals surface area contributed by atoms with Gasteiger partial charge in [-0.3, -0.25) is 4.79 Å². The molecule has 0 fully saturated rings. The number of carbonyl (C=O) groups excluding carboxylic acids is 1. The zero-order valence-corrected chi connectivity index (χ0v) is 10.5. The molecule has 17 heavy (non-hydrogen) atoms. The van der Waals surface area contributed by atoms with E-state index in [0.29, 0.717) is 12.4 Å². The van der Waals surface area contributed by atoms with Gasteiger partial charge in [0.1, 0.15) is 0 Å². The van der Waals surface area contributed by atoms with E-state index >= 15 is 0 Å². The van der Waals surface area contributed by atoms with E-state index in [0.717, 1.165) is 6.54 Å². The summed E-state index contributed by atoms with van der Waals surface area (Å²) in [7, 11) is 1.91. The van der Waals surface area contributed by atoms with Crippen LogP contribution in [0, 0.1) is 5.41 Å². The van der Waals surface area contributed by atoms with E-state index in [2.05, 4.69) is 24.0 Å². The molecule has 1 aromatic heterocycles. The van der Waals surface area contributed by atoms with Crippen molar-refractivity contribution in [2.75, 3.05) is 25.0 Å². The standard InChI is InChI=1S/C11H19N5O/c1-11(2,6-12)7-16(3)9-5-4-8(10(13)17)14-15-9/h4-5H,6-7,12H2,1-3H3,(H2,13,17). The number of amides is 1. The highest BCUT2D eigenvalue weighted by atomic mass is 16.1. The first-order valence-electron chi connectivity index (χ1n) is 5.40. The van der Waals surface area contributed by atoms with Gasteiger partial charge in [0.05, 0.1) is 0 Å². The van der Waals surface area contributed by atoms with Gasteiger partial charge in [0.15, 0.2) is 11.5 Å². The van der Waals surface area contributed by atoms with Gasteiger partial charge in [-0.1, -0.05) is 13.8 Å². The molecule has 0 atom stereocenters. The molecule has 0 aliphatic rings. The zero-order chi connectivity index (χ0) is 13.1. The number of primary amides is 1. The first-order chi connectivity index (χ1) is 7.85. The van der Waals surface area contributed by atoms with Crippen molar-refractivity contribution in [1.82, 2.24) is 10.2 Å². The quantitative estimate of drug-likeness (QED) is 0.751. The van der Waals surface area contributed by atoms with Crippen LogP contribution in [0.2, 0.25) is 0 Å². The van der Waals surface area contributed by atoms with E-state index in [-0.39, 0.29) is 11.1 Å². The van der Waals surface area contributed by atoms with E-state index in [4.69, 9.17) is 11.5 Å². The lowest BCUT2D eigenvalue weighted by molar-refractivity contribution is 0.0994. The number of aromatic nitrogens is 2. The highest BCUT2D eigenvalue weighted by Crippen LogP contribution is 2.17. The van der Waals surface area contributed by atoms with E-state index in [1.807, 2.05) is 11.9 Å². The fourth-order valence-corrected chi connectivity index (χ4v) is 1.45. The number of carbonyl (C=O) groups is 1. The van der Waals surface area contributed by atoms with Gasteiger partial charge < -0.3 is 16.4 Å². The Kier molecular flexibility index (Phi) is 4.01. The molecule has 0 aromatic carbocycles. The van der Waals surface area contributed by atoms with Crippen molar-refractivity contribution in [3.63, 3.8) is 0 Å². The molecule has 0 bridgehead atoms. The molecule has 0 saturated heterocycles. The molecular weight excluding hydrogens is 218 g/mol. The average Bonchev–Trinajstić information content (AvgIpc) is 2.28. The van der Waals surface area contributed by atoms with Crippen molar-refractivity contribution >= 4 is 11.7 Å². The van der Waals surface area contributed by atoms with Gasteiger partial charge in [0.25, 0.3) is 5.91 Å². The largest absolute Gasteiger partial charge is 0.364 e. The number of rotatable bonds is 5. The SMILES string of the molecule is CN(CC(C)(C)CN)c1ccc(C(N)=O)nn1. The third-order valence-electron chi connectivity index (χ3n) is 2.51. The van der Waals surface area contributed by atoms with Gasteiger partial charge in [-0.2, -0.15) is 0 Å². The Morgan fingerprint density at radius 3 is 2.47 bits per heavy atom. The van der Waals surface area contributed by atoms with Crippen molar-refractivity contribution in [1.29, 1.82) is 0 Å². The van der Waals surface area contributed by atoms with Crippen molar-refractivity contribution in [2.24, 2.45) is 16.9 Å². The number of nitrogens with two attached hydrogens (primary N) is 2. The molecule has 0 aliphatic heterocycles. The van der Waals surface area contributed by atoms with Crippen LogP contribution in [0.3, 0.4) is 0 Å². The Morgan fingerprint density at radius 1 is 1.41 bits per heavy atom. The fourth-order valence-electron chi connectivity index (χ4n) is 1.45. The van der Waals surface area contributed by atoms with Gasteiger partial charge in [0, 0.05) is 13.6 Å². The smallest absolute Gasteiger partial charge is 0.269 e. The fraction of sp³-hybridized carbons (Fsp3) is 0.545. The molecule has 0 spiro atoms. The lowest BCUT2D eigenvalue weighted by Crippen LogP contribution is -2.37. The van der Waals surface area contributed by atoms with Gasteiger partial charge >= 0.3 is 0 Å². The van der Waals surface area contributed by atoms with Crippen molar-refractivity contribution in [3.05, 3.63) is 17.8 Å². The zero-order valence-electron chi connectivity index (χ0n) is 10.5. The summed E-state index contributed by atoms with van der Waals surface area (Å²) in [6, 6.07) is 3.29. The Balaban J connectivity index is 2.76. The van der Waals surface area contributed by atoms with E-state index in [1.165, 1.54) is 0 Å². The molecule has 1 amide bonds. The highest BCUT2D eigenvalue weighted by Gasteiger charge is 2.19. The van der Waals surface area contributed by atoms with E-state index in [9.17, 15) is 4.79 Å². The number of anilines is 1. The number of hydrogen-bond donors (Lipinski definition) is 2. The Hall–Kier alpha value is -1.69. The summed E-state index contributed by atoms with van der Waals surface area (Å²) in [4.78, 5) is 12.8. The Labute approximate surface area is 101 Å². The minimum atomic E-state index is -0.575. The summed E-state index contributed by atoms with van der Waals surface area (Å²) < 4.78 is 0. The molecule has 1 aromatic rings. The monoisotopic (exact) mass is 237 g/mol. The van der Waals surface area contributed by atoms with Crippen molar-refractivity contribution in [3.8, 4) is 0 Å². The highest BCUT2D eigenvalue weighted by molar-refractivity contribution is 5.90. The maximum Gasteiger partial charge on any atom is 0.269 e. The lowest BCUT2D eigenvalue weighted by Gasteiger charge is -2.29. The maximum atomic E-state index is 10.8. The summed E-state index contributed by atoms with van der Waals surface area (Å²) in [6.07, 6.45) is 0. The molecule has 0 saturated carbocycles. The molecule has 94 valence electrons. The Morgan fingerprint density at radius 2 is 2.06 bits per heavy atom. The van der Waals surface area contributed by atoms with E-state index in [1.54, 1.807) is 12.1 Å². The number of nitrogens with zero attached hydrogens (tertiary/aromatic N) is 3. The van der Waals surface area contributed by atoms with Crippen LogP contribution in [0.1, 0.15) is 24.3 Å². The molecular formula is C11H19N5O. The normalized spacial score (nSPS) is 11.3. The third kappa shape index (κ3) is 3.67. The van der Waals surface area contributed by atoms with Crippen LogP contribution in [0.5, 0.6) is 0 Å². The minimum absolute atomic E-state index is 0.00120. The van der Waals surface area contributed by atoms with Crippen LogP contribution < -0.4 is 16.4 Å². The molecule has 4 N–H and O–H groups in total. The second kappa shape index (κ2) is 5.09. The average molecular weight is 237 g/mol. The number of hydrogen-bond acceptors (Lipinski definition) is 5. The van der Waals surface area contributed by atoms with Crippen LogP contribution in [0.25, 0.3) is 0 Å². The second-order valence-corrected chi connectivity index (χ2v) is 4.87. The Bertz CT molecular complexity index is 387. The van der Waals surface area contributed by atoms with Gasteiger partial charge in [-0.05, 0) is 24.1 Å². The molecule has 0 radical (unpaired) electrons. The predicted molar refractivity (Wildman–Crippen MR) is 66.7 cm³/mol. The van der Waals surface area contributed by atoms with E-state index < -0.39 is 5.91 Å². The maximum absolute atomic E-state index is 10.8. The third-order valence-corrected chi connectivity index (χ3v) is 2.51. The summed E-state index contributed by atoms with van der Waals surface area (Å²) in [6.45, 7) is 5.50. The van der Waals surface area contributed by atoms with Crippen LogP contribution >= 0.6 is 0 Å². The molecule has 0 unspecified atom stereocenters. The molecule has 1 heterocycles. The first-order valence-corrected chi connectivity index (χ1v) is 5.40. The van der Waals surface area contributed by atoms with Gasteiger partial charge in [-0.15, -0.1) is 10.2 Å². The van der Waals surface area contributed by atoms with Crippen LogP contribution in [0.15, 0.2) is 12.1 Å². The topological polar surface area (TPSA) is 98.1 Å². The van der Waals surface area contributed by atoms with Crippen molar-refractivity contribution in [2.45, 2.75) is 13.8 Å².